The average molecular weight is 250 g/mol. The van der Waals surface area contributed by atoms with E-state index in [1.54, 1.807) is 0 Å². The Labute approximate surface area is 108 Å². The summed E-state index contributed by atoms with van der Waals surface area (Å²) in [6, 6.07) is 0.459. The normalized spacial score (nSPS) is 24.1. The third kappa shape index (κ3) is 2.49. The summed E-state index contributed by atoms with van der Waals surface area (Å²) in [4.78, 5) is 10.7. The molecule has 2 heterocycles. The van der Waals surface area contributed by atoms with Gasteiger partial charge in [-0.15, -0.1) is 0 Å². The third-order valence-electron chi connectivity index (χ3n) is 3.52. The van der Waals surface area contributed by atoms with Gasteiger partial charge in [-0.3, -0.25) is 0 Å². The number of anilines is 2. The molecule has 1 aromatic heterocycles. The van der Waals surface area contributed by atoms with Crippen LogP contribution in [0, 0.1) is 5.92 Å². The molecule has 100 valence electrons. The maximum Gasteiger partial charge on any atom is 0.242 e. The van der Waals surface area contributed by atoms with Crippen molar-refractivity contribution >= 4 is 11.5 Å². The molecule has 2 N–H and O–H groups in total. The highest BCUT2D eigenvalue weighted by Crippen LogP contribution is 2.33. The van der Waals surface area contributed by atoms with E-state index in [4.69, 9.17) is 10.5 Å². The highest BCUT2D eigenvalue weighted by Gasteiger charge is 2.26. The van der Waals surface area contributed by atoms with Crippen LogP contribution in [0.3, 0.4) is 0 Å². The largest absolute Gasteiger partial charge is 0.476 e. The van der Waals surface area contributed by atoms with E-state index in [1.165, 1.54) is 19.2 Å². The number of ether oxygens (including phenoxy) is 1. The van der Waals surface area contributed by atoms with Gasteiger partial charge in [-0.25, -0.2) is 4.98 Å². The summed E-state index contributed by atoms with van der Waals surface area (Å²) in [7, 11) is 0. The summed E-state index contributed by atoms with van der Waals surface area (Å²) in [5.41, 5.74) is 6.66. The van der Waals surface area contributed by atoms with Crippen LogP contribution in [0.25, 0.3) is 0 Å². The second kappa shape index (κ2) is 5.42. The molecule has 0 spiro atoms. The molecule has 1 fully saturated rings. The third-order valence-corrected chi connectivity index (χ3v) is 3.52. The molecular formula is C13H22N4O. The number of rotatable bonds is 3. The van der Waals surface area contributed by atoms with Crippen molar-refractivity contribution in [3.05, 3.63) is 6.33 Å². The van der Waals surface area contributed by atoms with E-state index in [9.17, 15) is 0 Å². The predicted molar refractivity (Wildman–Crippen MR) is 72.8 cm³/mol. The molecule has 18 heavy (non-hydrogen) atoms. The van der Waals surface area contributed by atoms with E-state index in [0.717, 1.165) is 18.3 Å². The van der Waals surface area contributed by atoms with Crippen LogP contribution in [0.4, 0.5) is 11.5 Å². The van der Waals surface area contributed by atoms with Crippen LogP contribution in [0.5, 0.6) is 5.88 Å². The predicted octanol–water partition coefficient (Wildman–Crippen LogP) is 2.08. The van der Waals surface area contributed by atoms with Crippen molar-refractivity contribution in [3.8, 4) is 5.88 Å². The lowest BCUT2D eigenvalue weighted by atomic mass is 9.93. The van der Waals surface area contributed by atoms with Crippen LogP contribution in [0.1, 0.15) is 33.6 Å². The Morgan fingerprint density at radius 2 is 2.22 bits per heavy atom. The van der Waals surface area contributed by atoms with Gasteiger partial charge in [-0.1, -0.05) is 6.92 Å². The Balaban J connectivity index is 2.25. The number of nitrogens with two attached hydrogens (primary N) is 1. The van der Waals surface area contributed by atoms with Gasteiger partial charge in [-0.2, -0.15) is 4.98 Å². The summed E-state index contributed by atoms with van der Waals surface area (Å²) in [6.45, 7) is 8.00. The Kier molecular flexibility index (Phi) is 3.89. The number of nitrogen functional groups attached to an aromatic ring is 1. The molecular weight excluding hydrogens is 228 g/mol. The number of nitrogens with zero attached hydrogens (tertiary/aromatic N) is 3. The second-order valence-electron chi connectivity index (χ2n) is 5.02. The Morgan fingerprint density at radius 1 is 1.44 bits per heavy atom. The van der Waals surface area contributed by atoms with Gasteiger partial charge in [0.15, 0.2) is 5.82 Å². The van der Waals surface area contributed by atoms with Crippen LogP contribution >= 0.6 is 0 Å². The van der Waals surface area contributed by atoms with Gasteiger partial charge in [0.05, 0.1) is 6.61 Å². The summed E-state index contributed by atoms with van der Waals surface area (Å²) >= 11 is 0. The maximum atomic E-state index is 6.11. The van der Waals surface area contributed by atoms with Gasteiger partial charge < -0.3 is 15.4 Å². The highest BCUT2D eigenvalue weighted by molar-refractivity contribution is 5.68. The molecule has 5 nitrogen and oxygen atoms in total. The van der Waals surface area contributed by atoms with E-state index in [2.05, 4.69) is 28.7 Å². The summed E-state index contributed by atoms with van der Waals surface area (Å²) < 4.78 is 5.42. The zero-order chi connectivity index (χ0) is 13.1. The van der Waals surface area contributed by atoms with Gasteiger partial charge in [0.25, 0.3) is 0 Å². The molecule has 5 heteroatoms. The Hall–Kier alpha value is -1.52. The van der Waals surface area contributed by atoms with Crippen molar-refractivity contribution in [2.24, 2.45) is 5.92 Å². The lowest BCUT2D eigenvalue weighted by Crippen LogP contribution is -2.41. The average Bonchev–Trinajstić information content (AvgIpc) is 2.33. The molecule has 0 saturated carbocycles. The summed E-state index contributed by atoms with van der Waals surface area (Å²) in [5.74, 6) is 2.08. The smallest absolute Gasteiger partial charge is 0.242 e. The van der Waals surface area contributed by atoms with Crippen molar-refractivity contribution < 1.29 is 4.74 Å². The minimum absolute atomic E-state index is 0.459. The fourth-order valence-corrected chi connectivity index (χ4v) is 2.57. The minimum atomic E-state index is 0.459. The molecule has 0 aromatic carbocycles. The van der Waals surface area contributed by atoms with Crippen LogP contribution in [-0.4, -0.2) is 29.2 Å². The van der Waals surface area contributed by atoms with Gasteiger partial charge in [-0.05, 0) is 32.6 Å². The topological polar surface area (TPSA) is 64.3 Å². The zero-order valence-electron chi connectivity index (χ0n) is 11.4. The fraction of sp³-hybridized carbons (Fsp3) is 0.692. The van der Waals surface area contributed by atoms with Crippen LogP contribution in [0.15, 0.2) is 6.33 Å². The van der Waals surface area contributed by atoms with Crippen LogP contribution < -0.4 is 15.4 Å². The van der Waals surface area contributed by atoms with Gasteiger partial charge in [0.1, 0.15) is 12.0 Å². The van der Waals surface area contributed by atoms with Crippen LogP contribution in [-0.2, 0) is 0 Å². The number of piperidine rings is 1. The maximum absolute atomic E-state index is 6.11. The molecule has 1 aromatic rings. The molecule has 0 radical (unpaired) electrons. The van der Waals surface area contributed by atoms with Crippen molar-refractivity contribution in [1.29, 1.82) is 0 Å². The molecule has 1 aliphatic rings. The van der Waals surface area contributed by atoms with Gasteiger partial charge in [0.2, 0.25) is 5.88 Å². The standard InChI is InChI=1S/C13H22N4O/c1-4-18-13-11(14)12(15-8-16-13)17-6-5-9(2)7-10(17)3/h8-10H,4-7,14H2,1-3H3. The fourth-order valence-electron chi connectivity index (χ4n) is 2.57. The first-order valence-electron chi connectivity index (χ1n) is 6.63. The van der Waals surface area contributed by atoms with Gasteiger partial charge >= 0.3 is 0 Å². The molecule has 2 rings (SSSR count). The quantitative estimate of drug-likeness (QED) is 0.889. The van der Waals surface area contributed by atoms with Crippen molar-refractivity contribution in [2.45, 2.75) is 39.7 Å². The first-order chi connectivity index (χ1) is 8.63. The van der Waals surface area contributed by atoms with Crippen LogP contribution in [0.2, 0.25) is 0 Å². The Bertz CT molecular complexity index is 410. The minimum Gasteiger partial charge on any atom is -0.476 e. The number of hydrogen-bond acceptors (Lipinski definition) is 5. The van der Waals surface area contributed by atoms with Gasteiger partial charge in [0, 0.05) is 12.6 Å². The highest BCUT2D eigenvalue weighted by atomic mass is 16.5. The molecule has 0 bridgehead atoms. The molecule has 1 aliphatic heterocycles. The molecule has 2 unspecified atom stereocenters. The molecule has 1 saturated heterocycles. The monoisotopic (exact) mass is 250 g/mol. The first-order valence-corrected chi connectivity index (χ1v) is 6.63. The molecule has 0 amide bonds. The number of aromatic nitrogens is 2. The van der Waals surface area contributed by atoms with Crippen molar-refractivity contribution in [2.75, 3.05) is 23.8 Å². The van der Waals surface area contributed by atoms with E-state index in [1.807, 2.05) is 6.92 Å². The molecule has 0 aliphatic carbocycles. The van der Waals surface area contributed by atoms with E-state index < -0.39 is 0 Å². The lowest BCUT2D eigenvalue weighted by Gasteiger charge is -2.37. The van der Waals surface area contributed by atoms with Crippen molar-refractivity contribution in [1.82, 2.24) is 9.97 Å². The molecule has 2 atom stereocenters. The Morgan fingerprint density at radius 3 is 2.89 bits per heavy atom. The second-order valence-corrected chi connectivity index (χ2v) is 5.02. The summed E-state index contributed by atoms with van der Waals surface area (Å²) in [5, 5.41) is 0. The lowest BCUT2D eigenvalue weighted by molar-refractivity contribution is 0.327. The van der Waals surface area contributed by atoms with E-state index in [-0.39, 0.29) is 0 Å². The van der Waals surface area contributed by atoms with E-state index >= 15 is 0 Å². The summed E-state index contributed by atoms with van der Waals surface area (Å²) in [6.07, 6.45) is 3.88. The van der Waals surface area contributed by atoms with E-state index in [0.29, 0.717) is 24.2 Å². The zero-order valence-corrected chi connectivity index (χ0v) is 11.4. The SMILES string of the molecule is CCOc1ncnc(N2CCC(C)CC2C)c1N. The number of hydrogen-bond donors (Lipinski definition) is 1. The first kappa shape index (κ1) is 12.9. The van der Waals surface area contributed by atoms with Crippen molar-refractivity contribution in [3.63, 3.8) is 0 Å².